The Morgan fingerprint density at radius 1 is 1.23 bits per heavy atom. The van der Waals surface area contributed by atoms with Gasteiger partial charge >= 0.3 is 19.1 Å². The maximum Gasteiger partial charge on any atom is 0.451 e. The van der Waals surface area contributed by atoms with E-state index in [0.717, 1.165) is 0 Å². The SMILES string of the molecule is O=C(O)CNS(=O)(=O)CCN1CC(Oc2ccc(CCB(O)O)c(O)c2C(=O)O)C1. The molecule has 30 heavy (non-hydrogen) atoms. The zero-order chi connectivity index (χ0) is 22.5. The monoisotopic (exact) mass is 446 g/mol. The van der Waals surface area contributed by atoms with Crippen molar-refractivity contribution in [1.29, 1.82) is 0 Å². The molecule has 0 aromatic heterocycles. The fourth-order valence-corrected chi connectivity index (χ4v) is 3.85. The molecular formula is C16H23BN2O10S. The summed E-state index contributed by atoms with van der Waals surface area (Å²) in [7, 11) is -5.31. The molecule has 1 aliphatic rings. The number of phenols is 1. The number of rotatable bonds is 12. The van der Waals surface area contributed by atoms with Gasteiger partial charge < -0.3 is 30.1 Å². The second-order valence-electron chi connectivity index (χ2n) is 6.80. The van der Waals surface area contributed by atoms with Crippen LogP contribution in [-0.2, 0) is 21.2 Å². The summed E-state index contributed by atoms with van der Waals surface area (Å²) in [5, 5.41) is 46.0. The van der Waals surface area contributed by atoms with Crippen molar-refractivity contribution >= 4 is 29.1 Å². The van der Waals surface area contributed by atoms with Gasteiger partial charge in [-0.25, -0.2) is 17.9 Å². The Labute approximate surface area is 172 Å². The second-order valence-corrected chi connectivity index (χ2v) is 8.73. The molecule has 14 heteroatoms. The molecule has 12 nitrogen and oxygen atoms in total. The van der Waals surface area contributed by atoms with Crippen LogP contribution in [0.3, 0.4) is 0 Å². The minimum atomic E-state index is -3.72. The molecule has 0 radical (unpaired) electrons. The van der Waals surface area contributed by atoms with Gasteiger partial charge in [0.1, 0.15) is 29.7 Å². The van der Waals surface area contributed by atoms with Gasteiger partial charge in [0.25, 0.3) is 0 Å². The van der Waals surface area contributed by atoms with Crippen LogP contribution in [0, 0.1) is 0 Å². The van der Waals surface area contributed by atoms with Crippen molar-refractivity contribution in [3.63, 3.8) is 0 Å². The van der Waals surface area contributed by atoms with Gasteiger partial charge in [0, 0.05) is 19.6 Å². The number of aliphatic carboxylic acids is 1. The molecule has 1 saturated heterocycles. The van der Waals surface area contributed by atoms with Gasteiger partial charge in [-0.05, 0) is 24.4 Å². The molecule has 1 fully saturated rings. The lowest BCUT2D eigenvalue weighted by Gasteiger charge is -2.39. The fraction of sp³-hybridized carbons (Fsp3) is 0.500. The molecule has 166 valence electrons. The summed E-state index contributed by atoms with van der Waals surface area (Å²) in [5.41, 5.74) is -0.194. The maximum absolute atomic E-state index is 11.7. The van der Waals surface area contributed by atoms with Crippen molar-refractivity contribution in [3.8, 4) is 11.5 Å². The van der Waals surface area contributed by atoms with Gasteiger partial charge in [0.15, 0.2) is 0 Å². The van der Waals surface area contributed by atoms with E-state index in [9.17, 15) is 28.2 Å². The van der Waals surface area contributed by atoms with Crippen LogP contribution < -0.4 is 9.46 Å². The summed E-state index contributed by atoms with van der Waals surface area (Å²) in [5.74, 6) is -3.53. The Morgan fingerprint density at radius 2 is 1.90 bits per heavy atom. The number of aromatic hydroxyl groups is 1. The maximum atomic E-state index is 11.7. The van der Waals surface area contributed by atoms with E-state index in [0.29, 0.717) is 13.1 Å². The lowest BCUT2D eigenvalue weighted by Crippen LogP contribution is -2.55. The minimum absolute atomic E-state index is 0.0475. The van der Waals surface area contributed by atoms with Crippen LogP contribution in [0.2, 0.25) is 6.32 Å². The highest BCUT2D eigenvalue weighted by Crippen LogP contribution is 2.33. The Bertz CT molecular complexity index is 886. The number of carbonyl (C=O) groups is 2. The van der Waals surface area contributed by atoms with Gasteiger partial charge in [0.2, 0.25) is 10.0 Å². The molecule has 0 unspecified atom stereocenters. The number of nitrogens with zero attached hydrogens (tertiary/aromatic N) is 1. The van der Waals surface area contributed by atoms with E-state index in [1.807, 2.05) is 4.72 Å². The van der Waals surface area contributed by atoms with E-state index in [4.69, 9.17) is 19.9 Å². The first-order chi connectivity index (χ1) is 14.0. The number of sulfonamides is 1. The highest BCUT2D eigenvalue weighted by atomic mass is 32.2. The smallest absolute Gasteiger partial charge is 0.451 e. The van der Waals surface area contributed by atoms with Crippen molar-refractivity contribution in [2.45, 2.75) is 18.8 Å². The van der Waals surface area contributed by atoms with E-state index in [1.165, 1.54) is 12.1 Å². The lowest BCUT2D eigenvalue weighted by molar-refractivity contribution is -0.135. The molecule has 0 atom stereocenters. The Balaban J connectivity index is 1.91. The number of carboxylic acid groups (broad SMARTS) is 2. The summed E-state index contributed by atoms with van der Waals surface area (Å²) < 4.78 is 30.9. The van der Waals surface area contributed by atoms with Gasteiger partial charge in [-0.3, -0.25) is 9.69 Å². The van der Waals surface area contributed by atoms with Crippen molar-refractivity contribution in [3.05, 3.63) is 23.3 Å². The zero-order valence-electron chi connectivity index (χ0n) is 15.9. The second kappa shape index (κ2) is 10.1. The van der Waals surface area contributed by atoms with Gasteiger partial charge in [0.05, 0.1) is 5.75 Å². The largest absolute Gasteiger partial charge is 0.507 e. The van der Waals surface area contributed by atoms with Crippen LogP contribution in [0.5, 0.6) is 11.5 Å². The Hall–Kier alpha value is -2.39. The van der Waals surface area contributed by atoms with E-state index in [1.54, 1.807) is 4.90 Å². The first-order valence-electron chi connectivity index (χ1n) is 9.01. The summed E-state index contributed by atoms with van der Waals surface area (Å²) >= 11 is 0. The predicted octanol–water partition coefficient (Wildman–Crippen LogP) is -1.83. The van der Waals surface area contributed by atoms with Crippen LogP contribution in [0.4, 0.5) is 0 Å². The number of benzene rings is 1. The number of aryl methyl sites for hydroxylation is 1. The van der Waals surface area contributed by atoms with E-state index in [2.05, 4.69) is 0 Å². The summed E-state index contributed by atoms with van der Waals surface area (Å²) in [6.07, 6.45) is -0.428. The van der Waals surface area contributed by atoms with Crippen molar-refractivity contribution < 1.29 is 48.1 Å². The average Bonchev–Trinajstić information content (AvgIpc) is 2.60. The molecule has 0 aliphatic carbocycles. The first-order valence-corrected chi connectivity index (χ1v) is 10.7. The molecule has 6 N–H and O–H groups in total. The number of hydrogen-bond acceptors (Lipinski definition) is 9. The fourth-order valence-electron chi connectivity index (χ4n) is 2.86. The highest BCUT2D eigenvalue weighted by molar-refractivity contribution is 7.89. The molecule has 1 aromatic carbocycles. The van der Waals surface area contributed by atoms with Gasteiger partial charge in [-0.1, -0.05) is 6.07 Å². The molecule has 1 aromatic rings. The molecule has 0 bridgehead atoms. The first kappa shape index (κ1) is 23.9. The predicted molar refractivity (Wildman–Crippen MR) is 104 cm³/mol. The average molecular weight is 446 g/mol. The number of nitrogens with one attached hydrogen (secondary N) is 1. The van der Waals surface area contributed by atoms with E-state index < -0.39 is 53.0 Å². The summed E-state index contributed by atoms with van der Waals surface area (Å²) in [4.78, 5) is 23.7. The van der Waals surface area contributed by atoms with Crippen LogP contribution in [0.1, 0.15) is 15.9 Å². The van der Waals surface area contributed by atoms with Crippen molar-refractivity contribution in [1.82, 2.24) is 9.62 Å². The number of ether oxygens (including phenoxy) is 1. The third-order valence-electron chi connectivity index (χ3n) is 4.45. The standard InChI is InChI=1S/C16H23BN2O10S/c20-13(21)7-18-30(27,28)6-5-19-8-11(9-19)29-12-2-1-10(3-4-17(25)26)15(22)14(12)16(23)24/h1-2,11,18,22,25-26H,3-9H2,(H,20,21)(H,23,24). The van der Waals surface area contributed by atoms with E-state index >= 15 is 0 Å². The molecule has 1 heterocycles. The number of aromatic carboxylic acids is 1. The van der Waals surface area contributed by atoms with Crippen LogP contribution in [0.25, 0.3) is 0 Å². The topological polar surface area (TPSA) is 194 Å². The normalized spacial score (nSPS) is 14.9. The number of likely N-dealkylation sites (tertiary alicyclic amines) is 1. The molecule has 2 rings (SSSR count). The van der Waals surface area contributed by atoms with Crippen LogP contribution in [-0.4, -0.2) is 95.8 Å². The van der Waals surface area contributed by atoms with Gasteiger partial charge in [-0.2, -0.15) is 0 Å². The Kier molecular flexibility index (Phi) is 8.03. The molecule has 0 amide bonds. The molecule has 1 aliphatic heterocycles. The third kappa shape index (κ3) is 6.85. The highest BCUT2D eigenvalue weighted by Gasteiger charge is 2.31. The zero-order valence-corrected chi connectivity index (χ0v) is 16.7. The summed E-state index contributed by atoms with van der Waals surface area (Å²) in [6.45, 7) is 0.108. The number of carboxylic acids is 2. The Morgan fingerprint density at radius 3 is 2.47 bits per heavy atom. The van der Waals surface area contributed by atoms with E-state index in [-0.39, 0.29) is 36.4 Å². The van der Waals surface area contributed by atoms with Crippen LogP contribution in [0.15, 0.2) is 12.1 Å². The lowest BCUT2D eigenvalue weighted by atomic mass is 9.82. The quantitative estimate of drug-likeness (QED) is 0.198. The third-order valence-corrected chi connectivity index (χ3v) is 5.75. The van der Waals surface area contributed by atoms with Gasteiger partial charge in [-0.15, -0.1) is 0 Å². The van der Waals surface area contributed by atoms with Crippen LogP contribution >= 0.6 is 0 Å². The summed E-state index contributed by atoms with van der Waals surface area (Å²) in [6, 6.07) is 2.82. The minimum Gasteiger partial charge on any atom is -0.507 e. The molecule has 0 saturated carbocycles. The van der Waals surface area contributed by atoms with Crippen molar-refractivity contribution in [2.75, 3.05) is 31.9 Å². The molecule has 0 spiro atoms. The van der Waals surface area contributed by atoms with Crippen molar-refractivity contribution in [2.24, 2.45) is 0 Å². The molecular weight excluding hydrogens is 423 g/mol. The number of hydrogen-bond donors (Lipinski definition) is 6.